The van der Waals surface area contributed by atoms with Crippen molar-refractivity contribution in [3.63, 3.8) is 0 Å². The van der Waals surface area contributed by atoms with Crippen LogP contribution < -0.4 is 19.6 Å². The van der Waals surface area contributed by atoms with E-state index in [1.165, 1.54) is 15.9 Å². The minimum absolute atomic E-state index is 0.204. The Hall–Kier alpha value is -3.19. The lowest BCUT2D eigenvalue weighted by atomic mass is 10.2. The number of ether oxygens (including phenoxy) is 2. The van der Waals surface area contributed by atoms with Crippen molar-refractivity contribution in [1.82, 2.24) is 14.6 Å². The van der Waals surface area contributed by atoms with E-state index in [1.807, 2.05) is 48.5 Å². The monoisotopic (exact) mass is 365 g/mol. The van der Waals surface area contributed by atoms with E-state index in [9.17, 15) is 4.79 Å². The highest BCUT2D eigenvalue weighted by molar-refractivity contribution is 7.15. The molecule has 4 aromatic rings. The van der Waals surface area contributed by atoms with Crippen LogP contribution in [0.15, 0.2) is 53.3 Å². The van der Waals surface area contributed by atoms with Gasteiger partial charge in [0.15, 0.2) is 5.82 Å². The molecule has 0 radical (unpaired) electrons. The van der Waals surface area contributed by atoms with E-state index in [1.54, 1.807) is 20.3 Å². The molecule has 0 saturated heterocycles. The SMILES string of the molecule is COc1ccccc1C=c1sc2nc(-c3ccccc3OC)nn2c1=O. The standard InChI is InChI=1S/C19H15N3O3S/c1-24-14-9-5-3-7-12(14)11-16-18(23)22-19(26-16)20-17(21-22)13-8-4-6-10-15(13)25-2/h3-11H,1-2H3. The fraction of sp³-hybridized carbons (Fsp3) is 0.105. The Morgan fingerprint density at radius 2 is 1.69 bits per heavy atom. The van der Waals surface area contributed by atoms with Gasteiger partial charge in [0.2, 0.25) is 4.96 Å². The lowest BCUT2D eigenvalue weighted by Gasteiger charge is -2.03. The molecule has 0 N–H and O–H groups in total. The highest BCUT2D eigenvalue weighted by atomic mass is 32.1. The summed E-state index contributed by atoms with van der Waals surface area (Å²) >= 11 is 1.29. The summed E-state index contributed by atoms with van der Waals surface area (Å²) in [4.78, 5) is 17.7. The number of nitrogens with zero attached hydrogens (tertiary/aromatic N) is 3. The van der Waals surface area contributed by atoms with Crippen molar-refractivity contribution in [1.29, 1.82) is 0 Å². The van der Waals surface area contributed by atoms with Gasteiger partial charge in [-0.1, -0.05) is 41.7 Å². The summed E-state index contributed by atoms with van der Waals surface area (Å²) in [6, 6.07) is 15.0. The van der Waals surface area contributed by atoms with Gasteiger partial charge in [-0.25, -0.2) is 0 Å². The van der Waals surface area contributed by atoms with E-state index < -0.39 is 0 Å². The quantitative estimate of drug-likeness (QED) is 0.556. The molecule has 0 saturated carbocycles. The highest BCUT2D eigenvalue weighted by Crippen LogP contribution is 2.27. The summed E-state index contributed by atoms with van der Waals surface area (Å²) in [7, 11) is 3.20. The van der Waals surface area contributed by atoms with Gasteiger partial charge in [0.1, 0.15) is 11.5 Å². The largest absolute Gasteiger partial charge is 0.496 e. The number of hydrogen-bond donors (Lipinski definition) is 0. The van der Waals surface area contributed by atoms with Crippen molar-refractivity contribution in [2.75, 3.05) is 14.2 Å². The summed E-state index contributed by atoms with van der Waals surface area (Å²) in [5.74, 6) is 1.84. The number of benzene rings is 2. The van der Waals surface area contributed by atoms with Crippen molar-refractivity contribution in [2.24, 2.45) is 0 Å². The minimum atomic E-state index is -0.204. The fourth-order valence-electron chi connectivity index (χ4n) is 2.70. The molecule has 0 atom stereocenters. The van der Waals surface area contributed by atoms with Crippen LogP contribution in [-0.4, -0.2) is 28.8 Å². The average Bonchev–Trinajstić information content (AvgIpc) is 3.22. The molecule has 26 heavy (non-hydrogen) atoms. The number of methoxy groups -OCH3 is 2. The lowest BCUT2D eigenvalue weighted by Crippen LogP contribution is -2.23. The van der Waals surface area contributed by atoms with Gasteiger partial charge >= 0.3 is 0 Å². The summed E-state index contributed by atoms with van der Waals surface area (Å²) < 4.78 is 12.6. The van der Waals surface area contributed by atoms with E-state index in [4.69, 9.17) is 9.47 Å². The van der Waals surface area contributed by atoms with Crippen LogP contribution in [0.25, 0.3) is 22.4 Å². The Bertz CT molecular complexity index is 1200. The molecule has 0 unspecified atom stereocenters. The number of fused-ring (bicyclic) bond motifs is 1. The van der Waals surface area contributed by atoms with E-state index in [0.717, 1.165) is 11.1 Å². The number of thiazole rings is 1. The second kappa shape index (κ2) is 6.61. The van der Waals surface area contributed by atoms with Crippen LogP contribution in [0.5, 0.6) is 11.5 Å². The third-order valence-electron chi connectivity index (χ3n) is 3.96. The van der Waals surface area contributed by atoms with Crippen LogP contribution in [0.1, 0.15) is 5.56 Å². The number of rotatable bonds is 4. The smallest absolute Gasteiger partial charge is 0.291 e. The number of para-hydroxylation sites is 2. The van der Waals surface area contributed by atoms with Crippen LogP contribution in [0, 0.1) is 0 Å². The zero-order valence-electron chi connectivity index (χ0n) is 14.2. The average molecular weight is 365 g/mol. The molecule has 2 aromatic carbocycles. The third-order valence-corrected chi connectivity index (χ3v) is 4.91. The molecule has 0 aliphatic rings. The first-order valence-corrected chi connectivity index (χ1v) is 8.70. The Labute approximate surface area is 153 Å². The molecular weight excluding hydrogens is 350 g/mol. The molecule has 6 nitrogen and oxygen atoms in total. The molecular formula is C19H15N3O3S. The van der Waals surface area contributed by atoms with Gasteiger partial charge in [-0.05, 0) is 24.3 Å². The first kappa shape index (κ1) is 16.3. The van der Waals surface area contributed by atoms with Crippen LogP contribution in [0.4, 0.5) is 0 Å². The van der Waals surface area contributed by atoms with Gasteiger partial charge in [-0.3, -0.25) is 4.79 Å². The van der Waals surface area contributed by atoms with E-state index in [-0.39, 0.29) is 5.56 Å². The summed E-state index contributed by atoms with van der Waals surface area (Å²) in [5.41, 5.74) is 1.38. The Morgan fingerprint density at radius 3 is 2.42 bits per heavy atom. The normalized spacial score (nSPS) is 11.8. The van der Waals surface area contributed by atoms with Crippen LogP contribution in [0.3, 0.4) is 0 Å². The lowest BCUT2D eigenvalue weighted by molar-refractivity contribution is 0.414. The third kappa shape index (κ3) is 2.72. The topological polar surface area (TPSA) is 65.7 Å². The number of aromatic nitrogens is 3. The summed E-state index contributed by atoms with van der Waals surface area (Å²) in [6.45, 7) is 0. The maximum absolute atomic E-state index is 12.7. The first-order chi connectivity index (χ1) is 12.7. The maximum atomic E-state index is 12.7. The van der Waals surface area contributed by atoms with Crippen molar-refractivity contribution in [3.8, 4) is 22.9 Å². The molecule has 7 heteroatoms. The second-order valence-corrected chi connectivity index (χ2v) is 6.50. The molecule has 0 amide bonds. The van der Waals surface area contributed by atoms with Gasteiger partial charge in [0.05, 0.1) is 24.3 Å². The van der Waals surface area contributed by atoms with Crippen molar-refractivity contribution >= 4 is 22.4 Å². The molecule has 0 aliphatic carbocycles. The Morgan fingerprint density at radius 1 is 1.00 bits per heavy atom. The minimum Gasteiger partial charge on any atom is -0.496 e. The molecule has 4 rings (SSSR count). The molecule has 0 bridgehead atoms. The van der Waals surface area contributed by atoms with Gasteiger partial charge in [-0.2, -0.15) is 9.50 Å². The van der Waals surface area contributed by atoms with Gasteiger partial charge in [-0.15, -0.1) is 5.10 Å². The molecule has 2 aromatic heterocycles. The van der Waals surface area contributed by atoms with E-state index in [0.29, 0.717) is 26.8 Å². The summed E-state index contributed by atoms with van der Waals surface area (Å²) in [6.07, 6.45) is 1.80. The molecule has 130 valence electrons. The Balaban J connectivity index is 1.84. The van der Waals surface area contributed by atoms with E-state index >= 15 is 0 Å². The van der Waals surface area contributed by atoms with Gasteiger partial charge in [0, 0.05) is 5.56 Å². The van der Waals surface area contributed by atoms with Crippen LogP contribution in [0.2, 0.25) is 0 Å². The van der Waals surface area contributed by atoms with Gasteiger partial charge in [0.25, 0.3) is 5.56 Å². The van der Waals surface area contributed by atoms with Crippen molar-refractivity contribution in [2.45, 2.75) is 0 Å². The number of hydrogen-bond acceptors (Lipinski definition) is 6. The molecule has 0 aliphatic heterocycles. The highest BCUT2D eigenvalue weighted by Gasteiger charge is 2.15. The molecule has 0 fully saturated rings. The van der Waals surface area contributed by atoms with Crippen molar-refractivity contribution < 1.29 is 9.47 Å². The Kier molecular flexibility index (Phi) is 4.14. The van der Waals surface area contributed by atoms with Crippen LogP contribution in [-0.2, 0) is 0 Å². The first-order valence-electron chi connectivity index (χ1n) is 7.89. The van der Waals surface area contributed by atoms with Crippen molar-refractivity contribution in [3.05, 3.63) is 69.0 Å². The predicted octanol–water partition coefficient (Wildman–Crippen LogP) is 2.38. The fourth-order valence-corrected chi connectivity index (χ4v) is 3.60. The molecule has 2 heterocycles. The maximum Gasteiger partial charge on any atom is 0.291 e. The van der Waals surface area contributed by atoms with Gasteiger partial charge < -0.3 is 9.47 Å². The zero-order chi connectivity index (χ0) is 18.1. The zero-order valence-corrected chi connectivity index (χ0v) is 15.0. The predicted molar refractivity (Wildman–Crippen MR) is 101 cm³/mol. The molecule has 0 spiro atoms. The summed E-state index contributed by atoms with van der Waals surface area (Å²) in [5, 5.41) is 4.37. The van der Waals surface area contributed by atoms with E-state index in [2.05, 4.69) is 10.1 Å². The van der Waals surface area contributed by atoms with Crippen LogP contribution >= 0.6 is 11.3 Å². The second-order valence-electron chi connectivity index (χ2n) is 5.49.